The Morgan fingerprint density at radius 1 is 0.833 bits per heavy atom. The number of rotatable bonds is 2. The Morgan fingerprint density at radius 2 is 1.08 bits per heavy atom. The van der Waals surface area contributed by atoms with Gasteiger partial charge in [0.15, 0.2) is 0 Å². The van der Waals surface area contributed by atoms with Crippen molar-refractivity contribution < 1.29 is 35.2 Å². The molecule has 0 N–H and O–H groups in total. The zero-order valence-electron chi connectivity index (χ0n) is 5.66. The fourth-order valence-corrected chi connectivity index (χ4v) is 1.20. The minimum Gasteiger partial charge on any atom is -0.311 e. The molecule has 74 valence electrons. The molecule has 9 heteroatoms. The molecule has 0 atom stereocenters. The molecule has 0 fully saturated rings. The molecule has 0 rings (SSSR count). The quantitative estimate of drug-likeness (QED) is 0.516. The predicted molar refractivity (Wildman–Crippen MR) is 27.3 cm³/mol. The maximum atomic E-state index is 11.2. The first-order valence-electron chi connectivity index (χ1n) is 2.59. The van der Waals surface area contributed by atoms with Crippen LogP contribution in [0.25, 0.3) is 0 Å². The molecule has 0 aliphatic heterocycles. The van der Waals surface area contributed by atoms with E-state index in [2.05, 4.69) is 8.85 Å². The molecule has 12 heavy (non-hydrogen) atoms. The third kappa shape index (κ3) is 7.82. The zero-order chi connectivity index (χ0) is 9.99. The summed E-state index contributed by atoms with van der Waals surface area (Å²) in [4.78, 5) is 0. The molecule has 0 radical (unpaired) electrons. The highest BCUT2D eigenvalue weighted by Crippen LogP contribution is 2.22. The topological polar surface area (TPSA) is 18.5 Å². The third-order valence-corrected chi connectivity index (χ3v) is 1.80. The van der Waals surface area contributed by atoms with Crippen molar-refractivity contribution in [3.8, 4) is 0 Å². The highest BCUT2D eigenvalue weighted by atomic mass is 28.3. The second kappa shape index (κ2) is 3.62. The molecule has 2 nitrogen and oxygen atoms in total. The summed E-state index contributed by atoms with van der Waals surface area (Å²) in [6.07, 6.45) is -10.1. The second-order valence-electron chi connectivity index (χ2n) is 1.69. The van der Waals surface area contributed by atoms with Gasteiger partial charge in [0.25, 0.3) is 0 Å². The Hall–Kier alpha value is -0.283. The van der Waals surface area contributed by atoms with E-state index in [1.165, 1.54) is 0 Å². The minimum atomic E-state index is -5.07. The van der Waals surface area contributed by atoms with E-state index < -0.39 is 22.0 Å². The molecule has 0 aromatic heterocycles. The van der Waals surface area contributed by atoms with Crippen LogP contribution < -0.4 is 0 Å². The third-order valence-electron chi connectivity index (χ3n) is 0.599. The lowest BCUT2D eigenvalue weighted by molar-refractivity contribution is -0.316. The molecular formula is C3H4F6O2Si. The summed E-state index contributed by atoms with van der Waals surface area (Å²) in [5.41, 5.74) is 0. The molecule has 0 aromatic rings. The number of alkyl halides is 6. The summed E-state index contributed by atoms with van der Waals surface area (Å²) in [5, 5.41) is 0. The average molecular weight is 214 g/mol. The van der Waals surface area contributed by atoms with Crippen molar-refractivity contribution in [1.29, 1.82) is 0 Å². The second-order valence-corrected chi connectivity index (χ2v) is 3.30. The number of hydrogen-bond donors (Lipinski definition) is 0. The highest BCUT2D eigenvalue weighted by molar-refractivity contribution is 6.42. The first kappa shape index (κ1) is 11.7. The fourth-order valence-electron chi connectivity index (χ4n) is 0.400. The summed E-state index contributed by atoms with van der Waals surface area (Å²) in [6, 6.07) is 0. The summed E-state index contributed by atoms with van der Waals surface area (Å²) in [6.45, 7) is 0.626. The van der Waals surface area contributed by atoms with Gasteiger partial charge in [-0.3, -0.25) is 0 Å². The van der Waals surface area contributed by atoms with Crippen molar-refractivity contribution in [2.24, 2.45) is 0 Å². The Kier molecular flexibility index (Phi) is 3.54. The first-order chi connectivity index (χ1) is 5.10. The van der Waals surface area contributed by atoms with E-state index in [9.17, 15) is 26.3 Å². The smallest absolute Gasteiger partial charge is 0.311 e. The lowest BCUT2D eigenvalue weighted by Crippen LogP contribution is -2.33. The van der Waals surface area contributed by atoms with Crippen LogP contribution in [0.1, 0.15) is 0 Å². The van der Waals surface area contributed by atoms with Gasteiger partial charge in [-0.1, -0.05) is 0 Å². The van der Waals surface area contributed by atoms with E-state index in [4.69, 9.17) is 0 Å². The summed E-state index contributed by atoms with van der Waals surface area (Å²) in [7, 11) is -3.70. The molecular weight excluding hydrogens is 210 g/mol. The van der Waals surface area contributed by atoms with Crippen LogP contribution in [0.3, 0.4) is 0 Å². The van der Waals surface area contributed by atoms with Gasteiger partial charge in [0.05, 0.1) is 0 Å². The molecule has 0 saturated heterocycles. The van der Waals surface area contributed by atoms with Crippen molar-refractivity contribution in [1.82, 2.24) is 0 Å². The molecule has 0 aromatic carbocycles. The lowest BCUT2D eigenvalue weighted by Gasteiger charge is -2.15. The van der Waals surface area contributed by atoms with Gasteiger partial charge < -0.3 is 8.85 Å². The maximum absolute atomic E-state index is 11.2. The highest BCUT2D eigenvalue weighted by Gasteiger charge is 2.39. The number of halogens is 6. The molecule has 0 bridgehead atoms. The summed E-state index contributed by atoms with van der Waals surface area (Å²) >= 11 is 0. The molecule has 0 aliphatic carbocycles. The molecule has 0 amide bonds. The van der Waals surface area contributed by atoms with Gasteiger partial charge in [0, 0.05) is 0 Å². The van der Waals surface area contributed by atoms with Gasteiger partial charge in [-0.2, -0.15) is 0 Å². The monoisotopic (exact) mass is 214 g/mol. The summed E-state index contributed by atoms with van der Waals surface area (Å²) < 4.78 is 73.5. The van der Waals surface area contributed by atoms with E-state index in [0.29, 0.717) is 6.55 Å². The first-order valence-corrected chi connectivity index (χ1v) is 4.69. The Balaban J connectivity index is 3.83. The van der Waals surface area contributed by atoms with E-state index >= 15 is 0 Å². The molecule has 0 saturated carbocycles. The van der Waals surface area contributed by atoms with Crippen molar-refractivity contribution in [2.45, 2.75) is 19.3 Å². The van der Waals surface area contributed by atoms with Crippen LogP contribution in [-0.2, 0) is 8.85 Å². The van der Waals surface area contributed by atoms with E-state index in [0.717, 1.165) is 0 Å². The Bertz CT molecular complexity index is 125. The maximum Gasteiger partial charge on any atom is 0.514 e. The fraction of sp³-hybridized carbons (Fsp3) is 1.00. The lowest BCUT2D eigenvalue weighted by atomic mass is 11.4. The molecule has 0 heterocycles. The zero-order valence-corrected chi connectivity index (χ0v) is 6.82. The van der Waals surface area contributed by atoms with Crippen molar-refractivity contribution >= 4 is 9.28 Å². The van der Waals surface area contributed by atoms with E-state index in [1.807, 2.05) is 0 Å². The standard InChI is InChI=1S/C3H4F6O2Si/c1-12(10-2(4,5)6)11-3(7,8)9/h12H,1H3. The SMILES string of the molecule is C[SiH](OC(F)(F)F)OC(F)(F)F. The van der Waals surface area contributed by atoms with Gasteiger partial charge in [-0.05, 0) is 6.55 Å². The van der Waals surface area contributed by atoms with Crippen LogP contribution in [0.4, 0.5) is 26.3 Å². The molecule has 0 spiro atoms. The van der Waals surface area contributed by atoms with Crippen LogP contribution in [0, 0.1) is 0 Å². The van der Waals surface area contributed by atoms with Gasteiger partial charge in [-0.25, -0.2) is 0 Å². The van der Waals surface area contributed by atoms with Crippen LogP contribution >= 0.6 is 0 Å². The summed E-state index contributed by atoms with van der Waals surface area (Å²) in [5.74, 6) is 0. The van der Waals surface area contributed by atoms with Gasteiger partial charge in [0.2, 0.25) is 0 Å². The number of hydrogen-bond acceptors (Lipinski definition) is 2. The normalized spacial score (nSPS) is 14.0. The van der Waals surface area contributed by atoms with Crippen molar-refractivity contribution in [3.05, 3.63) is 0 Å². The Labute approximate surface area is 64.9 Å². The van der Waals surface area contributed by atoms with Crippen LogP contribution in [0.15, 0.2) is 0 Å². The Morgan fingerprint density at radius 3 is 1.25 bits per heavy atom. The van der Waals surface area contributed by atoms with E-state index in [1.54, 1.807) is 0 Å². The van der Waals surface area contributed by atoms with Crippen molar-refractivity contribution in [3.63, 3.8) is 0 Å². The minimum absolute atomic E-state index is 0.626. The van der Waals surface area contributed by atoms with Crippen molar-refractivity contribution in [2.75, 3.05) is 0 Å². The average Bonchev–Trinajstić information content (AvgIpc) is 1.49. The largest absolute Gasteiger partial charge is 0.514 e. The van der Waals surface area contributed by atoms with Gasteiger partial charge in [0.1, 0.15) is 0 Å². The van der Waals surface area contributed by atoms with Crippen LogP contribution in [0.2, 0.25) is 6.55 Å². The van der Waals surface area contributed by atoms with E-state index in [-0.39, 0.29) is 0 Å². The van der Waals surface area contributed by atoms with Crippen LogP contribution in [0.5, 0.6) is 0 Å². The van der Waals surface area contributed by atoms with Gasteiger partial charge in [-0.15, -0.1) is 26.3 Å². The molecule has 0 aliphatic rings. The molecule has 0 unspecified atom stereocenters. The van der Waals surface area contributed by atoms with Gasteiger partial charge >= 0.3 is 22.0 Å². The van der Waals surface area contributed by atoms with Crippen LogP contribution in [-0.4, -0.2) is 22.0 Å². The predicted octanol–water partition coefficient (Wildman–Crippen LogP) is 1.91.